The van der Waals surface area contributed by atoms with Gasteiger partial charge in [-0.1, -0.05) is 54.4 Å². The molecule has 30 heavy (non-hydrogen) atoms. The van der Waals surface area contributed by atoms with Crippen LogP contribution in [0.5, 0.6) is 0 Å². The average Bonchev–Trinajstić information content (AvgIpc) is 3.16. The first-order valence-corrected chi connectivity index (χ1v) is 10.3. The van der Waals surface area contributed by atoms with Crippen LogP contribution < -0.4 is 0 Å². The number of hydrogen-bond donors (Lipinski definition) is 0. The van der Waals surface area contributed by atoms with E-state index in [0.29, 0.717) is 11.4 Å². The van der Waals surface area contributed by atoms with Gasteiger partial charge in [-0.15, -0.1) is 0 Å². The number of rotatable bonds is 4. The third-order valence-electron chi connectivity index (χ3n) is 5.92. The highest BCUT2D eigenvalue weighted by Crippen LogP contribution is 2.38. The van der Waals surface area contributed by atoms with Crippen molar-refractivity contribution in [3.63, 3.8) is 0 Å². The minimum Gasteiger partial charge on any atom is -0.324 e. The Kier molecular flexibility index (Phi) is 5.23. The van der Waals surface area contributed by atoms with E-state index in [1.54, 1.807) is 0 Å². The van der Waals surface area contributed by atoms with Crippen molar-refractivity contribution >= 4 is 30.0 Å². The molecule has 0 radical (unpaired) electrons. The molecule has 1 aromatic heterocycles. The van der Waals surface area contributed by atoms with E-state index in [1.807, 2.05) is 76.2 Å². The minimum atomic E-state index is -2.66. The normalized spacial score (nSPS) is 15.4. The average molecular weight is 402 g/mol. The summed E-state index contributed by atoms with van der Waals surface area (Å²) in [5.41, 5.74) is 7.96. The molecule has 1 aliphatic rings. The Hall–Kier alpha value is -2.95. The highest BCUT2D eigenvalue weighted by atomic mass is 19.2. The molecule has 0 unspecified atom stereocenters. The molecule has 0 saturated carbocycles. The molecule has 0 N–H and O–H groups in total. The van der Waals surface area contributed by atoms with Crippen molar-refractivity contribution in [2.75, 3.05) is 0 Å². The Balaban J connectivity index is 2.07. The number of allylic oxidation sites excluding steroid dienone is 2. The standard InChI is InChI=1S/C25H25BF2N2/c1-6-20-17(4)23(29-18(20)5)14-24-22-13-16(3)9-12-21(22)25(30(24)26(27)28)19-10-7-15(2)8-11-19/h7-14H,6H2,1-5H3/b23-14-. The first kappa shape index (κ1) is 20.3. The van der Waals surface area contributed by atoms with Crippen LogP contribution >= 0.6 is 0 Å². The molecule has 2 nitrogen and oxygen atoms in total. The lowest BCUT2D eigenvalue weighted by Crippen LogP contribution is -2.16. The zero-order valence-electron chi connectivity index (χ0n) is 18.1. The van der Waals surface area contributed by atoms with Gasteiger partial charge < -0.3 is 4.48 Å². The summed E-state index contributed by atoms with van der Waals surface area (Å²) in [6, 6.07) is 13.7. The summed E-state index contributed by atoms with van der Waals surface area (Å²) in [6.07, 6.45) is 2.70. The van der Waals surface area contributed by atoms with Crippen LogP contribution in [-0.2, 0) is 0 Å². The van der Waals surface area contributed by atoms with Gasteiger partial charge in [0.1, 0.15) is 0 Å². The Morgan fingerprint density at radius 2 is 1.60 bits per heavy atom. The molecule has 0 fully saturated rings. The van der Waals surface area contributed by atoms with Crippen LogP contribution in [0.4, 0.5) is 8.63 Å². The van der Waals surface area contributed by atoms with E-state index in [0.717, 1.165) is 55.3 Å². The lowest BCUT2D eigenvalue weighted by Gasteiger charge is -2.10. The zero-order valence-corrected chi connectivity index (χ0v) is 18.1. The molecule has 0 amide bonds. The van der Waals surface area contributed by atoms with Gasteiger partial charge in [0.05, 0.1) is 5.70 Å². The van der Waals surface area contributed by atoms with Crippen molar-refractivity contribution < 1.29 is 8.63 Å². The van der Waals surface area contributed by atoms with Gasteiger partial charge in [0, 0.05) is 27.9 Å². The predicted molar refractivity (Wildman–Crippen MR) is 124 cm³/mol. The quantitative estimate of drug-likeness (QED) is 0.410. The SMILES string of the molecule is CCC1=C(C)/C(=C/c2c3cc(C)ccc3c(-c3ccc(C)cc3)n2B(F)F)N=C1C. The number of nitrogens with zero attached hydrogens (tertiary/aromatic N) is 2. The Labute approximate surface area is 176 Å². The summed E-state index contributed by atoms with van der Waals surface area (Å²) >= 11 is 0. The Bertz CT molecular complexity index is 1230. The smallest absolute Gasteiger partial charge is 0.324 e. The molecule has 0 aliphatic carbocycles. The third-order valence-corrected chi connectivity index (χ3v) is 5.92. The van der Waals surface area contributed by atoms with Gasteiger partial charge in [-0.05, 0) is 63.0 Å². The van der Waals surface area contributed by atoms with E-state index in [-0.39, 0.29) is 0 Å². The van der Waals surface area contributed by atoms with Crippen LogP contribution in [0.15, 0.2) is 64.3 Å². The first-order chi connectivity index (χ1) is 14.3. The van der Waals surface area contributed by atoms with E-state index in [4.69, 9.17) is 0 Å². The molecular weight excluding hydrogens is 377 g/mol. The van der Waals surface area contributed by atoms with E-state index >= 15 is 0 Å². The molecule has 0 atom stereocenters. The number of halogens is 2. The van der Waals surface area contributed by atoms with E-state index < -0.39 is 7.40 Å². The fraction of sp³-hybridized carbons (Fsp3) is 0.240. The van der Waals surface area contributed by atoms with Crippen LogP contribution in [0.1, 0.15) is 44.0 Å². The van der Waals surface area contributed by atoms with Crippen LogP contribution in [-0.4, -0.2) is 17.6 Å². The molecule has 0 saturated heterocycles. The second kappa shape index (κ2) is 7.71. The molecule has 4 rings (SSSR count). The number of fused-ring (bicyclic) bond motifs is 1. The topological polar surface area (TPSA) is 17.3 Å². The van der Waals surface area contributed by atoms with Gasteiger partial charge in [-0.25, -0.2) is 0 Å². The van der Waals surface area contributed by atoms with Crippen molar-refractivity contribution in [1.29, 1.82) is 0 Å². The van der Waals surface area contributed by atoms with E-state index in [2.05, 4.69) is 11.9 Å². The van der Waals surface area contributed by atoms with Crippen LogP contribution in [0.3, 0.4) is 0 Å². The van der Waals surface area contributed by atoms with E-state index in [1.165, 1.54) is 5.57 Å². The van der Waals surface area contributed by atoms with Crippen molar-refractivity contribution in [2.24, 2.45) is 4.99 Å². The summed E-state index contributed by atoms with van der Waals surface area (Å²) in [5.74, 6) is 0. The highest BCUT2D eigenvalue weighted by molar-refractivity contribution is 6.43. The predicted octanol–water partition coefficient (Wildman–Crippen LogP) is 7.24. The number of aromatic nitrogens is 1. The van der Waals surface area contributed by atoms with E-state index in [9.17, 15) is 8.63 Å². The molecule has 0 bridgehead atoms. The fourth-order valence-electron chi connectivity index (χ4n) is 4.36. The zero-order chi connectivity index (χ0) is 21.6. The lowest BCUT2D eigenvalue weighted by molar-refractivity contribution is 0.631. The highest BCUT2D eigenvalue weighted by Gasteiger charge is 2.28. The van der Waals surface area contributed by atoms with Gasteiger partial charge in [0.25, 0.3) is 0 Å². The van der Waals surface area contributed by atoms with Gasteiger partial charge in [-0.3, -0.25) is 13.6 Å². The van der Waals surface area contributed by atoms with Gasteiger partial charge in [0.15, 0.2) is 0 Å². The number of benzene rings is 2. The first-order valence-electron chi connectivity index (χ1n) is 10.3. The maximum atomic E-state index is 14.5. The molecule has 2 heterocycles. The van der Waals surface area contributed by atoms with Crippen molar-refractivity contribution in [3.05, 3.63) is 76.1 Å². The van der Waals surface area contributed by atoms with Crippen LogP contribution in [0, 0.1) is 13.8 Å². The third kappa shape index (κ3) is 3.32. The maximum absolute atomic E-state index is 14.5. The largest absolute Gasteiger partial charge is 0.678 e. The second-order valence-electron chi connectivity index (χ2n) is 7.98. The van der Waals surface area contributed by atoms with Gasteiger partial charge >= 0.3 is 7.40 Å². The molecule has 152 valence electrons. The second-order valence-corrected chi connectivity index (χ2v) is 7.98. The molecule has 0 spiro atoms. The van der Waals surface area contributed by atoms with Crippen molar-refractivity contribution in [1.82, 2.24) is 4.48 Å². The number of aryl methyl sites for hydroxylation is 2. The summed E-state index contributed by atoms with van der Waals surface area (Å²) in [7, 11) is -2.66. The summed E-state index contributed by atoms with van der Waals surface area (Å²) in [4.78, 5) is 4.69. The molecule has 2 aromatic carbocycles. The van der Waals surface area contributed by atoms with Crippen molar-refractivity contribution in [3.8, 4) is 11.3 Å². The summed E-state index contributed by atoms with van der Waals surface area (Å²) < 4.78 is 30.1. The van der Waals surface area contributed by atoms with Crippen LogP contribution in [0.25, 0.3) is 28.1 Å². The maximum Gasteiger partial charge on any atom is 0.678 e. The Morgan fingerprint density at radius 3 is 2.20 bits per heavy atom. The Morgan fingerprint density at radius 1 is 0.933 bits per heavy atom. The van der Waals surface area contributed by atoms with Gasteiger partial charge in [0.2, 0.25) is 0 Å². The number of aliphatic imine (C=N–C) groups is 1. The molecular formula is C25H25BF2N2. The summed E-state index contributed by atoms with van der Waals surface area (Å²) in [5, 5.41) is 1.65. The fourth-order valence-corrected chi connectivity index (χ4v) is 4.36. The molecule has 1 aliphatic heterocycles. The molecule has 5 heteroatoms. The van der Waals surface area contributed by atoms with Crippen molar-refractivity contribution in [2.45, 2.75) is 41.0 Å². The minimum absolute atomic E-state index is 0.502. The monoisotopic (exact) mass is 402 g/mol. The number of hydrogen-bond acceptors (Lipinski definition) is 1. The molecule has 3 aromatic rings. The summed E-state index contributed by atoms with van der Waals surface area (Å²) in [6.45, 7) is 10.1. The van der Waals surface area contributed by atoms with Crippen LogP contribution in [0.2, 0.25) is 0 Å². The lowest BCUT2D eigenvalue weighted by atomic mass is 10.0. The van der Waals surface area contributed by atoms with Gasteiger partial charge in [-0.2, -0.15) is 0 Å².